The smallest absolute Gasteiger partial charge is 0.341 e. The molecule has 0 aromatic carbocycles. The van der Waals surface area contributed by atoms with E-state index in [9.17, 15) is 9.59 Å². The first-order valence-corrected chi connectivity index (χ1v) is 5.67. The maximum absolute atomic E-state index is 11.7. The predicted octanol–water partition coefficient (Wildman–Crippen LogP) is 0.176. The van der Waals surface area contributed by atoms with Crippen LogP contribution < -0.4 is 5.73 Å². The number of esters is 1. The highest BCUT2D eigenvalue weighted by Crippen LogP contribution is 2.15. The SMILES string of the molecule is NC(=O)N1CCC(OC(=O)c2cncnc2)CC1. The van der Waals surface area contributed by atoms with Crippen LogP contribution in [-0.2, 0) is 4.74 Å². The molecule has 0 atom stereocenters. The average molecular weight is 250 g/mol. The predicted molar refractivity (Wildman–Crippen MR) is 61.6 cm³/mol. The summed E-state index contributed by atoms with van der Waals surface area (Å²) in [6.07, 6.45) is 5.18. The Morgan fingerprint density at radius 2 is 1.89 bits per heavy atom. The molecule has 1 saturated heterocycles. The van der Waals surface area contributed by atoms with Crippen molar-refractivity contribution in [3.05, 3.63) is 24.3 Å². The van der Waals surface area contributed by atoms with Gasteiger partial charge >= 0.3 is 12.0 Å². The van der Waals surface area contributed by atoms with Crippen LogP contribution in [0, 0.1) is 0 Å². The van der Waals surface area contributed by atoms with Crippen molar-refractivity contribution in [2.75, 3.05) is 13.1 Å². The summed E-state index contributed by atoms with van der Waals surface area (Å²) in [7, 11) is 0. The van der Waals surface area contributed by atoms with Gasteiger partial charge < -0.3 is 15.4 Å². The molecule has 18 heavy (non-hydrogen) atoms. The molecule has 0 radical (unpaired) electrons. The number of hydrogen-bond donors (Lipinski definition) is 1. The van der Waals surface area contributed by atoms with Gasteiger partial charge in [-0.15, -0.1) is 0 Å². The fourth-order valence-electron chi connectivity index (χ4n) is 1.82. The molecule has 7 heteroatoms. The van der Waals surface area contributed by atoms with Crippen LogP contribution in [0.4, 0.5) is 4.79 Å². The Morgan fingerprint density at radius 3 is 2.44 bits per heavy atom. The Hall–Kier alpha value is -2.18. The molecule has 7 nitrogen and oxygen atoms in total. The van der Waals surface area contributed by atoms with Gasteiger partial charge in [0, 0.05) is 38.3 Å². The number of likely N-dealkylation sites (tertiary alicyclic amines) is 1. The van der Waals surface area contributed by atoms with Gasteiger partial charge in [-0.05, 0) is 0 Å². The zero-order valence-corrected chi connectivity index (χ0v) is 9.78. The van der Waals surface area contributed by atoms with Crippen molar-refractivity contribution in [1.29, 1.82) is 0 Å². The number of urea groups is 1. The van der Waals surface area contributed by atoms with E-state index < -0.39 is 12.0 Å². The number of piperidine rings is 1. The standard InChI is InChI=1S/C11H14N4O3/c12-11(17)15-3-1-9(2-4-15)18-10(16)8-5-13-7-14-6-8/h5-7,9H,1-4H2,(H2,12,17). The number of carbonyl (C=O) groups is 2. The molecule has 2 amide bonds. The Labute approximate surface area is 104 Å². The van der Waals surface area contributed by atoms with Gasteiger partial charge in [0.15, 0.2) is 0 Å². The fourth-order valence-corrected chi connectivity index (χ4v) is 1.82. The summed E-state index contributed by atoms with van der Waals surface area (Å²) < 4.78 is 5.31. The summed E-state index contributed by atoms with van der Waals surface area (Å²) in [5.41, 5.74) is 5.50. The molecule has 1 aromatic rings. The first-order valence-electron chi connectivity index (χ1n) is 5.67. The van der Waals surface area contributed by atoms with Crippen molar-refractivity contribution >= 4 is 12.0 Å². The first kappa shape index (κ1) is 12.3. The first-order chi connectivity index (χ1) is 8.66. The minimum absolute atomic E-state index is 0.187. The van der Waals surface area contributed by atoms with Crippen LogP contribution in [0.2, 0.25) is 0 Å². The minimum Gasteiger partial charge on any atom is -0.459 e. The molecule has 0 spiro atoms. The van der Waals surface area contributed by atoms with E-state index in [-0.39, 0.29) is 6.10 Å². The molecule has 96 valence electrons. The third kappa shape index (κ3) is 2.93. The van der Waals surface area contributed by atoms with E-state index in [0.29, 0.717) is 31.5 Å². The van der Waals surface area contributed by atoms with Gasteiger partial charge in [0.1, 0.15) is 12.4 Å². The molecule has 0 saturated carbocycles. The minimum atomic E-state index is -0.437. The maximum atomic E-state index is 11.7. The summed E-state index contributed by atoms with van der Waals surface area (Å²) in [5, 5.41) is 0. The molecular formula is C11H14N4O3. The van der Waals surface area contributed by atoms with Crippen molar-refractivity contribution < 1.29 is 14.3 Å². The Bertz CT molecular complexity index is 429. The Kier molecular flexibility index (Phi) is 3.71. The lowest BCUT2D eigenvalue weighted by Gasteiger charge is -2.30. The van der Waals surface area contributed by atoms with E-state index in [1.165, 1.54) is 23.6 Å². The van der Waals surface area contributed by atoms with Crippen LogP contribution in [0.25, 0.3) is 0 Å². The molecule has 0 unspecified atom stereocenters. The zero-order chi connectivity index (χ0) is 13.0. The van der Waals surface area contributed by atoms with E-state index in [1.807, 2.05) is 0 Å². The summed E-state index contributed by atoms with van der Waals surface area (Å²) in [6, 6.07) is -0.434. The zero-order valence-electron chi connectivity index (χ0n) is 9.78. The Morgan fingerprint density at radius 1 is 1.28 bits per heavy atom. The largest absolute Gasteiger partial charge is 0.459 e. The number of hydrogen-bond acceptors (Lipinski definition) is 5. The van der Waals surface area contributed by atoms with Gasteiger partial charge in [0.2, 0.25) is 0 Å². The van der Waals surface area contributed by atoms with Gasteiger partial charge in [-0.3, -0.25) is 0 Å². The van der Waals surface area contributed by atoms with Gasteiger partial charge in [0.25, 0.3) is 0 Å². The third-order valence-electron chi connectivity index (χ3n) is 2.82. The summed E-state index contributed by atoms with van der Waals surface area (Å²) >= 11 is 0. The molecule has 1 fully saturated rings. The fraction of sp³-hybridized carbons (Fsp3) is 0.455. The monoisotopic (exact) mass is 250 g/mol. The van der Waals surface area contributed by atoms with E-state index in [0.717, 1.165) is 0 Å². The van der Waals surface area contributed by atoms with Crippen LogP contribution in [-0.4, -0.2) is 46.1 Å². The number of rotatable bonds is 2. The second kappa shape index (κ2) is 5.44. The molecule has 1 aromatic heterocycles. The van der Waals surface area contributed by atoms with E-state index in [2.05, 4.69) is 9.97 Å². The van der Waals surface area contributed by atoms with Crippen molar-refractivity contribution in [3.63, 3.8) is 0 Å². The number of amides is 2. The number of aromatic nitrogens is 2. The van der Waals surface area contributed by atoms with Crippen LogP contribution in [0.3, 0.4) is 0 Å². The van der Waals surface area contributed by atoms with Crippen molar-refractivity contribution in [2.24, 2.45) is 5.73 Å². The maximum Gasteiger partial charge on any atom is 0.341 e. The number of nitrogens with two attached hydrogens (primary N) is 1. The van der Waals surface area contributed by atoms with Gasteiger partial charge in [0.05, 0.1) is 5.56 Å². The molecule has 0 aliphatic carbocycles. The number of ether oxygens (including phenoxy) is 1. The highest BCUT2D eigenvalue weighted by molar-refractivity contribution is 5.88. The average Bonchev–Trinajstić information content (AvgIpc) is 2.40. The molecule has 0 bridgehead atoms. The highest BCUT2D eigenvalue weighted by atomic mass is 16.5. The van der Waals surface area contributed by atoms with Crippen LogP contribution >= 0.6 is 0 Å². The van der Waals surface area contributed by atoms with E-state index in [1.54, 1.807) is 0 Å². The molecule has 2 N–H and O–H groups in total. The molecule has 2 rings (SSSR count). The third-order valence-corrected chi connectivity index (χ3v) is 2.82. The molecule has 2 heterocycles. The van der Waals surface area contributed by atoms with Crippen molar-refractivity contribution in [3.8, 4) is 0 Å². The van der Waals surface area contributed by atoms with Crippen LogP contribution in [0.15, 0.2) is 18.7 Å². The lowest BCUT2D eigenvalue weighted by molar-refractivity contribution is 0.0155. The molecule has 1 aliphatic heterocycles. The second-order valence-electron chi connectivity index (χ2n) is 4.06. The quantitative estimate of drug-likeness (QED) is 0.755. The van der Waals surface area contributed by atoms with Crippen molar-refractivity contribution in [2.45, 2.75) is 18.9 Å². The van der Waals surface area contributed by atoms with Crippen LogP contribution in [0.1, 0.15) is 23.2 Å². The van der Waals surface area contributed by atoms with E-state index >= 15 is 0 Å². The second-order valence-corrected chi connectivity index (χ2v) is 4.06. The summed E-state index contributed by atoms with van der Waals surface area (Å²) in [5.74, 6) is -0.437. The lowest BCUT2D eigenvalue weighted by atomic mass is 10.1. The number of primary amides is 1. The topological polar surface area (TPSA) is 98.4 Å². The molecule has 1 aliphatic rings. The summed E-state index contributed by atoms with van der Waals surface area (Å²) in [6.45, 7) is 1.02. The lowest BCUT2D eigenvalue weighted by Crippen LogP contribution is -2.43. The normalized spacial score (nSPS) is 16.3. The number of nitrogens with zero attached hydrogens (tertiary/aromatic N) is 3. The van der Waals surface area contributed by atoms with E-state index in [4.69, 9.17) is 10.5 Å². The van der Waals surface area contributed by atoms with Gasteiger partial charge in [-0.25, -0.2) is 19.6 Å². The van der Waals surface area contributed by atoms with Gasteiger partial charge in [-0.2, -0.15) is 0 Å². The number of carbonyl (C=O) groups excluding carboxylic acids is 2. The van der Waals surface area contributed by atoms with Gasteiger partial charge in [-0.1, -0.05) is 0 Å². The van der Waals surface area contributed by atoms with Crippen LogP contribution in [0.5, 0.6) is 0 Å². The van der Waals surface area contributed by atoms with Crippen molar-refractivity contribution in [1.82, 2.24) is 14.9 Å². The highest BCUT2D eigenvalue weighted by Gasteiger charge is 2.24. The summed E-state index contributed by atoms with van der Waals surface area (Å²) in [4.78, 5) is 31.7. The molecular weight excluding hydrogens is 236 g/mol. The Balaban J connectivity index is 1.85.